The molecule has 0 aliphatic carbocycles. The number of H-pyrrole nitrogens is 1. The van der Waals surface area contributed by atoms with Gasteiger partial charge in [0.1, 0.15) is 23.3 Å². The molecule has 0 unspecified atom stereocenters. The van der Waals surface area contributed by atoms with Crippen LogP contribution in [0.15, 0.2) is 30.3 Å². The molecule has 0 radical (unpaired) electrons. The van der Waals surface area contributed by atoms with E-state index in [0.29, 0.717) is 11.6 Å². The van der Waals surface area contributed by atoms with Gasteiger partial charge in [-0.1, -0.05) is 11.6 Å². The second-order valence-electron chi connectivity index (χ2n) is 9.04. The average molecular weight is 508 g/mol. The lowest BCUT2D eigenvalue weighted by atomic mass is 9.72. The Hall–Kier alpha value is -3.11. The molecule has 35 heavy (non-hydrogen) atoms. The Morgan fingerprint density at radius 1 is 1.26 bits per heavy atom. The van der Waals surface area contributed by atoms with Gasteiger partial charge < -0.3 is 10.4 Å². The lowest BCUT2D eigenvalue weighted by molar-refractivity contribution is -0.153. The summed E-state index contributed by atoms with van der Waals surface area (Å²) in [6.07, 6.45) is 0.193. The molecule has 1 aliphatic rings. The number of pyridine rings is 1. The Balaban J connectivity index is 1.53. The summed E-state index contributed by atoms with van der Waals surface area (Å²) < 4.78 is 43.3. The van der Waals surface area contributed by atoms with Crippen LogP contribution in [-0.4, -0.2) is 43.7 Å². The van der Waals surface area contributed by atoms with E-state index in [1.165, 1.54) is 12.1 Å². The van der Waals surface area contributed by atoms with Gasteiger partial charge in [0.2, 0.25) is 0 Å². The first-order chi connectivity index (χ1) is 16.6. The summed E-state index contributed by atoms with van der Waals surface area (Å²) in [6.45, 7) is 3.83. The summed E-state index contributed by atoms with van der Waals surface area (Å²) in [5.41, 5.74) is -0.584. The Morgan fingerprint density at radius 2 is 2.00 bits per heavy atom. The number of nitrogens with zero attached hydrogens (tertiary/aromatic N) is 3. The molecule has 3 heterocycles. The molecule has 7 nitrogen and oxygen atoms in total. The number of carboxylic acids is 1. The molecule has 2 atom stereocenters. The van der Waals surface area contributed by atoms with Crippen molar-refractivity contribution in [2.75, 3.05) is 11.9 Å². The second-order valence-corrected chi connectivity index (χ2v) is 9.45. The predicted octanol–water partition coefficient (Wildman–Crippen LogP) is 5.23. The van der Waals surface area contributed by atoms with Crippen molar-refractivity contribution in [3.63, 3.8) is 0 Å². The summed E-state index contributed by atoms with van der Waals surface area (Å²) >= 11 is 5.81. The van der Waals surface area contributed by atoms with Crippen molar-refractivity contribution in [1.29, 1.82) is 0 Å². The van der Waals surface area contributed by atoms with Gasteiger partial charge in [0.25, 0.3) is 0 Å². The average Bonchev–Trinajstić information content (AvgIpc) is 3.22. The van der Waals surface area contributed by atoms with Gasteiger partial charge in [-0.15, -0.1) is 0 Å². The van der Waals surface area contributed by atoms with Crippen LogP contribution in [0.1, 0.15) is 36.7 Å². The Kier molecular flexibility index (Phi) is 7.05. The highest BCUT2D eigenvalue weighted by atomic mass is 35.5. The Morgan fingerprint density at radius 3 is 2.66 bits per heavy atom. The van der Waals surface area contributed by atoms with Crippen molar-refractivity contribution >= 4 is 29.2 Å². The number of aromatic nitrogens is 3. The number of hydrogen-bond acceptors (Lipinski definition) is 5. The van der Waals surface area contributed by atoms with Gasteiger partial charge >= 0.3 is 5.97 Å². The van der Waals surface area contributed by atoms with Crippen LogP contribution in [0.3, 0.4) is 0 Å². The number of aryl methyl sites for hydroxylation is 1. The Bertz CT molecular complexity index is 1250. The lowest BCUT2D eigenvalue weighted by Gasteiger charge is -2.43. The quantitative estimate of drug-likeness (QED) is 0.379. The van der Waals surface area contributed by atoms with Crippen LogP contribution in [0.5, 0.6) is 0 Å². The van der Waals surface area contributed by atoms with E-state index in [1.54, 1.807) is 17.9 Å². The van der Waals surface area contributed by atoms with Crippen molar-refractivity contribution in [3.05, 3.63) is 69.8 Å². The maximum absolute atomic E-state index is 14.7. The van der Waals surface area contributed by atoms with E-state index in [2.05, 4.69) is 20.5 Å². The van der Waals surface area contributed by atoms with Crippen LogP contribution in [0.25, 0.3) is 0 Å². The standard InChI is InChI=1S/C24H25ClF3N5O2/c1-13-9-21(32-31-13)30-20-6-5-18(27)19(29-20)11-24(23(34)35)7-8-33(14(2)10-24)12-15-17(26)4-3-16(25)22(15)28/h3-6,9,14H,7-8,10-12H2,1-2H3,(H,34,35)(H2,29,30,31,32)/t14-,24-/m1/s1. The molecule has 0 bridgehead atoms. The molecular formula is C24H25ClF3N5O2. The van der Waals surface area contributed by atoms with E-state index in [0.717, 1.165) is 17.8 Å². The number of aromatic amines is 1. The molecule has 3 aromatic rings. The van der Waals surface area contributed by atoms with Crippen molar-refractivity contribution in [3.8, 4) is 0 Å². The van der Waals surface area contributed by atoms with E-state index in [1.807, 2.05) is 6.92 Å². The number of carbonyl (C=O) groups is 1. The first-order valence-corrected chi connectivity index (χ1v) is 11.5. The van der Waals surface area contributed by atoms with Gasteiger partial charge in [-0.05, 0) is 57.5 Å². The molecule has 1 fully saturated rings. The molecule has 1 aliphatic heterocycles. The highest BCUT2D eigenvalue weighted by Gasteiger charge is 2.45. The predicted molar refractivity (Wildman–Crippen MR) is 125 cm³/mol. The number of carboxylic acid groups (broad SMARTS) is 1. The minimum absolute atomic E-state index is 0.0252. The molecule has 3 N–H and O–H groups in total. The van der Waals surface area contributed by atoms with E-state index in [-0.39, 0.29) is 54.7 Å². The smallest absolute Gasteiger partial charge is 0.310 e. The van der Waals surface area contributed by atoms with Gasteiger partial charge in [0, 0.05) is 36.3 Å². The highest BCUT2D eigenvalue weighted by Crippen LogP contribution is 2.40. The first kappa shape index (κ1) is 25.0. The monoisotopic (exact) mass is 507 g/mol. The van der Waals surface area contributed by atoms with Crippen LogP contribution in [0.2, 0.25) is 5.02 Å². The van der Waals surface area contributed by atoms with Crippen LogP contribution in [0.4, 0.5) is 24.8 Å². The number of likely N-dealkylation sites (tertiary alicyclic amines) is 1. The molecule has 1 aromatic carbocycles. The van der Waals surface area contributed by atoms with Gasteiger partial charge in [0.05, 0.1) is 16.1 Å². The highest BCUT2D eigenvalue weighted by molar-refractivity contribution is 6.30. The van der Waals surface area contributed by atoms with E-state index < -0.39 is 28.8 Å². The van der Waals surface area contributed by atoms with Crippen LogP contribution in [-0.2, 0) is 17.8 Å². The fourth-order valence-electron chi connectivity index (χ4n) is 4.57. The van der Waals surface area contributed by atoms with Crippen molar-refractivity contribution < 1.29 is 23.1 Å². The van der Waals surface area contributed by atoms with E-state index >= 15 is 0 Å². The topological polar surface area (TPSA) is 94.1 Å². The lowest BCUT2D eigenvalue weighted by Crippen LogP contribution is -2.50. The number of hydrogen-bond donors (Lipinski definition) is 3. The summed E-state index contributed by atoms with van der Waals surface area (Å²) in [5.74, 6) is -2.36. The molecule has 4 rings (SSSR count). The molecule has 186 valence electrons. The zero-order valence-electron chi connectivity index (χ0n) is 19.2. The summed E-state index contributed by atoms with van der Waals surface area (Å²) in [4.78, 5) is 18.5. The summed E-state index contributed by atoms with van der Waals surface area (Å²) in [7, 11) is 0. The fraction of sp³-hybridized carbons (Fsp3) is 0.375. The zero-order chi connectivity index (χ0) is 25.3. The van der Waals surface area contributed by atoms with Crippen molar-refractivity contribution in [2.24, 2.45) is 5.41 Å². The summed E-state index contributed by atoms with van der Waals surface area (Å²) in [5, 5.41) is 19.8. The maximum Gasteiger partial charge on any atom is 0.310 e. The molecule has 11 heteroatoms. The molecule has 1 saturated heterocycles. The number of aliphatic carboxylic acids is 1. The van der Waals surface area contributed by atoms with Gasteiger partial charge in [-0.3, -0.25) is 14.8 Å². The molecule has 0 saturated carbocycles. The van der Waals surface area contributed by atoms with E-state index in [9.17, 15) is 23.1 Å². The Labute approximate surface area is 205 Å². The van der Waals surface area contributed by atoms with Crippen LogP contribution < -0.4 is 5.32 Å². The summed E-state index contributed by atoms with van der Waals surface area (Å²) in [6, 6.07) is 6.37. The van der Waals surface area contributed by atoms with Crippen molar-refractivity contribution in [1.82, 2.24) is 20.1 Å². The normalized spacial score (nSPS) is 20.7. The number of nitrogens with one attached hydrogen (secondary N) is 2. The minimum Gasteiger partial charge on any atom is -0.481 e. The number of piperidine rings is 1. The van der Waals surface area contributed by atoms with Gasteiger partial charge in [-0.2, -0.15) is 5.10 Å². The number of anilines is 2. The van der Waals surface area contributed by atoms with E-state index in [4.69, 9.17) is 11.6 Å². The second kappa shape index (κ2) is 9.87. The number of halogens is 4. The SMILES string of the molecule is Cc1cc(Nc2ccc(F)c(C[C@@]3(C(=O)O)CCN(Cc4c(F)ccc(Cl)c4F)[C@H](C)C3)n2)n[nH]1. The molecule has 2 aromatic heterocycles. The van der Waals surface area contributed by atoms with Crippen LogP contribution >= 0.6 is 11.6 Å². The maximum atomic E-state index is 14.7. The molecule has 0 spiro atoms. The number of benzene rings is 1. The van der Waals surface area contributed by atoms with Crippen LogP contribution in [0, 0.1) is 29.8 Å². The third-order valence-corrected chi connectivity index (χ3v) is 6.82. The first-order valence-electron chi connectivity index (χ1n) is 11.1. The number of rotatable bonds is 7. The molecule has 0 amide bonds. The minimum atomic E-state index is -1.28. The largest absolute Gasteiger partial charge is 0.481 e. The third kappa shape index (κ3) is 5.28. The van der Waals surface area contributed by atoms with Gasteiger partial charge in [-0.25, -0.2) is 18.2 Å². The van der Waals surface area contributed by atoms with Crippen molar-refractivity contribution in [2.45, 2.75) is 45.7 Å². The van der Waals surface area contributed by atoms with Gasteiger partial charge in [0.15, 0.2) is 5.82 Å². The molecular weight excluding hydrogens is 483 g/mol. The third-order valence-electron chi connectivity index (χ3n) is 6.53. The fourth-order valence-corrected chi connectivity index (χ4v) is 4.75. The zero-order valence-corrected chi connectivity index (χ0v) is 20.0.